The van der Waals surface area contributed by atoms with E-state index in [0.717, 1.165) is 17.9 Å². The average molecular weight is 237 g/mol. The van der Waals surface area contributed by atoms with Crippen LogP contribution in [0.25, 0.3) is 0 Å². The van der Waals surface area contributed by atoms with Crippen LogP contribution >= 0.6 is 0 Å². The van der Waals surface area contributed by atoms with Crippen molar-refractivity contribution in [1.29, 1.82) is 0 Å². The number of rotatable bonds is 5. The molecule has 0 radical (unpaired) electrons. The molecule has 1 rings (SSSR count). The molecule has 0 unspecified atom stereocenters. The summed E-state index contributed by atoms with van der Waals surface area (Å²) in [5.74, 6) is 6.54. The highest BCUT2D eigenvalue weighted by atomic mass is 16.5. The fourth-order valence-corrected chi connectivity index (χ4v) is 1.30. The highest BCUT2D eigenvalue weighted by molar-refractivity contribution is 5.47. The van der Waals surface area contributed by atoms with Gasteiger partial charge in [-0.25, -0.2) is 0 Å². The quantitative estimate of drug-likeness (QED) is 0.631. The first-order chi connectivity index (χ1) is 7.85. The highest BCUT2D eigenvalue weighted by Crippen LogP contribution is 2.23. The van der Waals surface area contributed by atoms with Gasteiger partial charge < -0.3 is 4.74 Å². The summed E-state index contributed by atoms with van der Waals surface area (Å²) in [5.41, 5.74) is 0.898. The molecule has 4 heteroatoms. The lowest BCUT2D eigenvalue weighted by Crippen LogP contribution is -2.41. The lowest BCUT2D eigenvalue weighted by Gasteiger charge is -2.27. The van der Waals surface area contributed by atoms with Crippen LogP contribution in [0.3, 0.4) is 0 Å². The van der Waals surface area contributed by atoms with Gasteiger partial charge in [0.2, 0.25) is 0 Å². The number of anilines is 1. The molecular weight excluding hydrogens is 214 g/mol. The first-order valence-electron chi connectivity index (χ1n) is 5.87. The van der Waals surface area contributed by atoms with Gasteiger partial charge in [-0.15, -0.1) is 0 Å². The molecule has 0 aliphatic rings. The van der Waals surface area contributed by atoms with E-state index >= 15 is 0 Å². The second kappa shape index (κ2) is 5.38. The number of nitrogens with two attached hydrogens (primary N) is 1. The Hall–Kier alpha value is -1.26. The van der Waals surface area contributed by atoms with Gasteiger partial charge in [-0.1, -0.05) is 6.92 Å². The molecule has 4 nitrogen and oxygen atoms in total. The maximum Gasteiger partial charge on any atom is 0.120 e. The molecule has 96 valence electrons. The standard InChI is InChI=1S/C13H23N3O/c1-6-13(2,3)17-12-9-7-11(8-10-12)15(4)16(5)14/h7-10H,6,14H2,1-5H3. The van der Waals surface area contributed by atoms with Gasteiger partial charge in [-0.05, 0) is 44.5 Å². The van der Waals surface area contributed by atoms with Crippen molar-refractivity contribution in [1.82, 2.24) is 5.12 Å². The van der Waals surface area contributed by atoms with Gasteiger partial charge in [-0.2, -0.15) is 5.12 Å². The number of hydrogen-bond donors (Lipinski definition) is 1. The minimum absolute atomic E-state index is 0.127. The third-order valence-corrected chi connectivity index (χ3v) is 2.93. The van der Waals surface area contributed by atoms with Crippen molar-refractivity contribution in [3.05, 3.63) is 24.3 Å². The molecule has 0 heterocycles. The molecule has 0 atom stereocenters. The van der Waals surface area contributed by atoms with Crippen LogP contribution in [0, 0.1) is 0 Å². The van der Waals surface area contributed by atoms with Crippen molar-refractivity contribution in [3.8, 4) is 5.75 Å². The molecule has 0 saturated carbocycles. The lowest BCUT2D eigenvalue weighted by atomic mass is 10.1. The van der Waals surface area contributed by atoms with E-state index in [1.807, 2.05) is 36.3 Å². The summed E-state index contributed by atoms with van der Waals surface area (Å²) in [5, 5.41) is 3.39. The zero-order chi connectivity index (χ0) is 13.1. The molecule has 0 aliphatic heterocycles. The zero-order valence-electron chi connectivity index (χ0n) is 11.4. The van der Waals surface area contributed by atoms with Gasteiger partial charge in [0.05, 0.1) is 5.69 Å². The summed E-state index contributed by atoms with van der Waals surface area (Å²) < 4.78 is 5.88. The minimum Gasteiger partial charge on any atom is -0.488 e. The summed E-state index contributed by atoms with van der Waals surface area (Å²) >= 11 is 0. The van der Waals surface area contributed by atoms with Gasteiger partial charge in [-0.3, -0.25) is 10.9 Å². The van der Waals surface area contributed by atoms with Crippen molar-refractivity contribution in [3.63, 3.8) is 0 Å². The van der Waals surface area contributed by atoms with E-state index in [0.29, 0.717) is 0 Å². The summed E-state index contributed by atoms with van der Waals surface area (Å²) in [7, 11) is 3.70. The monoisotopic (exact) mass is 237 g/mol. The highest BCUT2D eigenvalue weighted by Gasteiger charge is 2.16. The van der Waals surface area contributed by atoms with Gasteiger partial charge in [0.15, 0.2) is 0 Å². The summed E-state index contributed by atoms with van der Waals surface area (Å²) in [4.78, 5) is 0. The van der Waals surface area contributed by atoms with Gasteiger partial charge in [0.25, 0.3) is 0 Å². The SMILES string of the molecule is CCC(C)(C)Oc1ccc(N(C)N(C)N)cc1. The molecular formula is C13H23N3O. The van der Waals surface area contributed by atoms with Crippen LogP contribution < -0.4 is 15.6 Å². The Morgan fingerprint density at radius 3 is 2.12 bits per heavy atom. The molecule has 0 spiro atoms. The van der Waals surface area contributed by atoms with Crippen molar-refractivity contribution >= 4 is 5.69 Å². The van der Waals surface area contributed by atoms with Gasteiger partial charge >= 0.3 is 0 Å². The number of hydrogen-bond acceptors (Lipinski definition) is 4. The largest absolute Gasteiger partial charge is 0.488 e. The smallest absolute Gasteiger partial charge is 0.120 e. The van der Waals surface area contributed by atoms with Crippen LogP contribution in [0.15, 0.2) is 24.3 Å². The topological polar surface area (TPSA) is 41.7 Å². The third kappa shape index (κ3) is 3.91. The number of hydrazine groups is 2. The first-order valence-corrected chi connectivity index (χ1v) is 5.87. The van der Waals surface area contributed by atoms with Crippen molar-refractivity contribution < 1.29 is 4.74 Å². The van der Waals surface area contributed by atoms with E-state index in [1.165, 1.54) is 5.12 Å². The maximum absolute atomic E-state index is 5.88. The fourth-order valence-electron chi connectivity index (χ4n) is 1.30. The molecule has 1 aromatic carbocycles. The van der Waals surface area contributed by atoms with E-state index in [9.17, 15) is 0 Å². The molecule has 0 fully saturated rings. The number of benzene rings is 1. The molecule has 0 amide bonds. The normalized spacial score (nSPS) is 11.7. The summed E-state index contributed by atoms with van der Waals surface area (Å²) in [6, 6.07) is 7.91. The summed E-state index contributed by atoms with van der Waals surface area (Å²) in [6.07, 6.45) is 0.972. The Labute approximate surface area is 104 Å². The van der Waals surface area contributed by atoms with Crippen molar-refractivity contribution in [2.24, 2.45) is 5.84 Å². The van der Waals surface area contributed by atoms with E-state index in [4.69, 9.17) is 10.6 Å². The lowest BCUT2D eigenvalue weighted by molar-refractivity contribution is 0.105. The second-order valence-electron chi connectivity index (χ2n) is 4.81. The van der Waals surface area contributed by atoms with E-state index in [1.54, 1.807) is 7.05 Å². The summed E-state index contributed by atoms with van der Waals surface area (Å²) in [6.45, 7) is 6.28. The Balaban J connectivity index is 2.75. The van der Waals surface area contributed by atoms with E-state index in [-0.39, 0.29) is 5.60 Å². The molecule has 0 aromatic heterocycles. The third-order valence-electron chi connectivity index (χ3n) is 2.93. The fraction of sp³-hybridized carbons (Fsp3) is 0.538. The Kier molecular flexibility index (Phi) is 4.37. The molecule has 0 aliphatic carbocycles. The Morgan fingerprint density at radius 1 is 1.18 bits per heavy atom. The zero-order valence-corrected chi connectivity index (χ0v) is 11.4. The molecule has 1 aromatic rings. The van der Waals surface area contributed by atoms with E-state index in [2.05, 4.69) is 20.8 Å². The van der Waals surface area contributed by atoms with Gasteiger partial charge in [0, 0.05) is 14.1 Å². The van der Waals surface area contributed by atoms with Crippen molar-refractivity contribution in [2.45, 2.75) is 32.8 Å². The number of nitrogens with zero attached hydrogens (tertiary/aromatic N) is 2. The molecule has 2 N–H and O–H groups in total. The van der Waals surface area contributed by atoms with Crippen LogP contribution in [0.1, 0.15) is 27.2 Å². The average Bonchev–Trinajstić information content (AvgIpc) is 2.28. The van der Waals surface area contributed by atoms with Crippen LogP contribution in [0.5, 0.6) is 5.75 Å². The maximum atomic E-state index is 5.88. The number of ether oxygens (including phenoxy) is 1. The van der Waals surface area contributed by atoms with Crippen LogP contribution in [0.2, 0.25) is 0 Å². The minimum atomic E-state index is -0.127. The predicted octanol–water partition coefficient (Wildman–Crippen LogP) is 2.41. The molecule has 17 heavy (non-hydrogen) atoms. The first kappa shape index (κ1) is 13.8. The Bertz CT molecular complexity index is 346. The van der Waals surface area contributed by atoms with E-state index < -0.39 is 0 Å². The van der Waals surface area contributed by atoms with Crippen LogP contribution in [-0.4, -0.2) is 24.8 Å². The Morgan fingerprint density at radius 2 is 1.71 bits per heavy atom. The predicted molar refractivity (Wildman–Crippen MR) is 71.8 cm³/mol. The van der Waals surface area contributed by atoms with Crippen molar-refractivity contribution in [2.75, 3.05) is 19.1 Å². The molecule has 0 bridgehead atoms. The second-order valence-corrected chi connectivity index (χ2v) is 4.81. The van der Waals surface area contributed by atoms with Crippen LogP contribution in [0.4, 0.5) is 5.69 Å². The molecule has 0 saturated heterocycles. The van der Waals surface area contributed by atoms with Crippen LogP contribution in [-0.2, 0) is 0 Å². The van der Waals surface area contributed by atoms with Gasteiger partial charge in [0.1, 0.15) is 11.4 Å².